The molecular formula is C12H23N3O2S. The van der Waals surface area contributed by atoms with Gasteiger partial charge in [0.1, 0.15) is 0 Å². The first-order valence-corrected chi connectivity index (χ1v) is 6.85. The molecule has 0 aromatic heterocycles. The van der Waals surface area contributed by atoms with E-state index in [4.69, 9.17) is 22.7 Å². The summed E-state index contributed by atoms with van der Waals surface area (Å²) in [5.74, 6) is 0.0363. The predicted octanol–water partition coefficient (Wildman–Crippen LogP) is 0.280. The molecule has 0 bridgehead atoms. The molecule has 104 valence electrons. The highest BCUT2D eigenvalue weighted by Crippen LogP contribution is 2.16. The molecule has 0 saturated carbocycles. The van der Waals surface area contributed by atoms with E-state index in [1.165, 1.54) is 0 Å². The largest absolute Gasteiger partial charge is 0.392 e. The van der Waals surface area contributed by atoms with E-state index in [-0.39, 0.29) is 11.9 Å². The third-order valence-corrected chi connectivity index (χ3v) is 3.41. The van der Waals surface area contributed by atoms with Crippen molar-refractivity contribution >= 4 is 23.1 Å². The van der Waals surface area contributed by atoms with Crippen molar-refractivity contribution in [1.82, 2.24) is 10.2 Å². The minimum Gasteiger partial charge on any atom is -0.392 e. The minimum atomic E-state index is 0.0363. The molecule has 0 spiro atoms. The van der Waals surface area contributed by atoms with Crippen LogP contribution in [0.4, 0.5) is 0 Å². The fourth-order valence-electron chi connectivity index (χ4n) is 2.19. The molecule has 0 aromatic carbocycles. The van der Waals surface area contributed by atoms with Crippen LogP contribution in [0.3, 0.4) is 0 Å². The Morgan fingerprint density at radius 3 is 3.00 bits per heavy atom. The van der Waals surface area contributed by atoms with E-state index in [9.17, 15) is 4.79 Å². The number of hydrogen-bond acceptors (Lipinski definition) is 4. The van der Waals surface area contributed by atoms with Gasteiger partial charge in [-0.2, -0.15) is 0 Å². The standard InChI is InChI=1S/C12H23N3O2S/c1-17-8-4-6-14-11(16)9-15-7-3-2-5-10(15)12(13)18/h10H,2-9H2,1H3,(H2,13,18)(H,14,16). The zero-order valence-corrected chi connectivity index (χ0v) is 11.8. The van der Waals surface area contributed by atoms with Crippen LogP contribution in [0.15, 0.2) is 0 Å². The summed E-state index contributed by atoms with van der Waals surface area (Å²) in [5.41, 5.74) is 5.71. The molecule has 1 heterocycles. The Kier molecular flexibility index (Phi) is 7.15. The van der Waals surface area contributed by atoms with Gasteiger partial charge < -0.3 is 15.8 Å². The molecule has 0 radical (unpaired) electrons. The topological polar surface area (TPSA) is 67.6 Å². The molecule has 5 nitrogen and oxygen atoms in total. The van der Waals surface area contributed by atoms with Gasteiger partial charge in [-0.1, -0.05) is 18.6 Å². The minimum absolute atomic E-state index is 0.0363. The van der Waals surface area contributed by atoms with Crippen LogP contribution in [0.2, 0.25) is 0 Å². The number of carbonyl (C=O) groups excluding carboxylic acids is 1. The van der Waals surface area contributed by atoms with Gasteiger partial charge in [-0.15, -0.1) is 0 Å². The van der Waals surface area contributed by atoms with Crippen LogP contribution < -0.4 is 11.1 Å². The highest BCUT2D eigenvalue weighted by atomic mass is 32.1. The second kappa shape index (κ2) is 8.39. The van der Waals surface area contributed by atoms with Gasteiger partial charge in [0.15, 0.2) is 0 Å². The Morgan fingerprint density at radius 1 is 1.56 bits per heavy atom. The molecule has 0 aromatic rings. The van der Waals surface area contributed by atoms with Crippen LogP contribution in [0.1, 0.15) is 25.7 Å². The fourth-order valence-corrected chi connectivity index (χ4v) is 2.45. The Morgan fingerprint density at radius 2 is 2.33 bits per heavy atom. The quantitative estimate of drug-likeness (QED) is 0.515. The maximum absolute atomic E-state index is 11.8. The van der Waals surface area contributed by atoms with Gasteiger partial charge in [0.05, 0.1) is 17.6 Å². The molecular weight excluding hydrogens is 250 g/mol. The fraction of sp³-hybridized carbons (Fsp3) is 0.833. The first-order valence-electron chi connectivity index (χ1n) is 6.44. The summed E-state index contributed by atoms with van der Waals surface area (Å²) in [4.78, 5) is 14.3. The molecule has 0 aliphatic carbocycles. The monoisotopic (exact) mass is 273 g/mol. The molecule has 18 heavy (non-hydrogen) atoms. The van der Waals surface area contributed by atoms with Gasteiger partial charge in [0.2, 0.25) is 5.91 Å². The lowest BCUT2D eigenvalue weighted by Gasteiger charge is -2.34. The summed E-state index contributed by atoms with van der Waals surface area (Å²) in [6.45, 7) is 2.60. The van der Waals surface area contributed by atoms with E-state index in [1.807, 2.05) is 0 Å². The molecule has 1 fully saturated rings. The van der Waals surface area contributed by atoms with Crippen LogP contribution in [-0.4, -0.2) is 55.2 Å². The van der Waals surface area contributed by atoms with Crippen LogP contribution in [0, 0.1) is 0 Å². The predicted molar refractivity (Wildman–Crippen MR) is 75.5 cm³/mol. The average molecular weight is 273 g/mol. The number of carbonyl (C=O) groups is 1. The number of piperidine rings is 1. The Hall–Kier alpha value is -0.720. The van der Waals surface area contributed by atoms with E-state index < -0.39 is 0 Å². The summed E-state index contributed by atoms with van der Waals surface area (Å²) in [6, 6.07) is 0.0819. The van der Waals surface area contributed by atoms with Gasteiger partial charge in [0, 0.05) is 20.3 Å². The van der Waals surface area contributed by atoms with Crippen LogP contribution in [0.25, 0.3) is 0 Å². The molecule has 1 rings (SSSR count). The molecule has 3 N–H and O–H groups in total. The maximum atomic E-state index is 11.8. The van der Waals surface area contributed by atoms with Gasteiger partial charge in [-0.3, -0.25) is 9.69 Å². The van der Waals surface area contributed by atoms with E-state index in [0.717, 1.165) is 32.2 Å². The SMILES string of the molecule is COCCCNC(=O)CN1CCCCC1C(N)=S. The third-order valence-electron chi connectivity index (χ3n) is 3.14. The van der Waals surface area contributed by atoms with Gasteiger partial charge in [-0.25, -0.2) is 0 Å². The van der Waals surface area contributed by atoms with E-state index in [0.29, 0.717) is 24.7 Å². The van der Waals surface area contributed by atoms with Crippen molar-refractivity contribution < 1.29 is 9.53 Å². The molecule has 1 unspecified atom stereocenters. The summed E-state index contributed by atoms with van der Waals surface area (Å²) < 4.78 is 4.93. The van der Waals surface area contributed by atoms with Crippen molar-refractivity contribution in [1.29, 1.82) is 0 Å². The smallest absolute Gasteiger partial charge is 0.234 e. The zero-order chi connectivity index (χ0) is 13.4. The van der Waals surface area contributed by atoms with Crippen molar-refractivity contribution in [2.45, 2.75) is 31.7 Å². The average Bonchev–Trinajstić information content (AvgIpc) is 2.35. The van der Waals surface area contributed by atoms with Gasteiger partial charge in [-0.05, 0) is 25.8 Å². The van der Waals surface area contributed by atoms with Crippen molar-refractivity contribution in [3.63, 3.8) is 0 Å². The molecule has 6 heteroatoms. The van der Waals surface area contributed by atoms with Crippen LogP contribution in [0.5, 0.6) is 0 Å². The Balaban J connectivity index is 2.30. The normalized spacial score (nSPS) is 20.6. The van der Waals surface area contributed by atoms with Crippen molar-refractivity contribution in [2.24, 2.45) is 5.73 Å². The number of hydrogen-bond donors (Lipinski definition) is 2. The van der Waals surface area contributed by atoms with Gasteiger partial charge in [0.25, 0.3) is 0 Å². The third kappa shape index (κ3) is 5.29. The lowest BCUT2D eigenvalue weighted by atomic mass is 10.0. The summed E-state index contributed by atoms with van der Waals surface area (Å²) >= 11 is 5.06. The second-order valence-electron chi connectivity index (χ2n) is 4.58. The summed E-state index contributed by atoms with van der Waals surface area (Å²) in [5, 5.41) is 2.88. The van der Waals surface area contributed by atoms with E-state index in [1.54, 1.807) is 7.11 Å². The number of ether oxygens (including phenoxy) is 1. The highest BCUT2D eigenvalue weighted by Gasteiger charge is 2.25. The Labute approximate surface area is 114 Å². The maximum Gasteiger partial charge on any atom is 0.234 e. The van der Waals surface area contributed by atoms with E-state index >= 15 is 0 Å². The van der Waals surface area contributed by atoms with Crippen molar-refractivity contribution in [3.8, 4) is 0 Å². The molecule has 1 aliphatic rings. The second-order valence-corrected chi connectivity index (χ2v) is 5.05. The number of nitrogens with one attached hydrogen (secondary N) is 1. The number of likely N-dealkylation sites (tertiary alicyclic amines) is 1. The van der Waals surface area contributed by atoms with E-state index in [2.05, 4.69) is 10.2 Å². The number of rotatable bonds is 7. The summed E-state index contributed by atoms with van der Waals surface area (Å²) in [7, 11) is 1.66. The Bertz CT molecular complexity index is 286. The number of nitrogens with two attached hydrogens (primary N) is 1. The first-order chi connectivity index (χ1) is 8.65. The first kappa shape index (κ1) is 15.3. The van der Waals surface area contributed by atoms with Gasteiger partial charge >= 0.3 is 0 Å². The molecule has 1 saturated heterocycles. The number of methoxy groups -OCH3 is 1. The molecule has 1 atom stereocenters. The number of nitrogens with zero attached hydrogens (tertiary/aromatic N) is 1. The summed E-state index contributed by atoms with van der Waals surface area (Å²) in [6.07, 6.45) is 4.04. The highest BCUT2D eigenvalue weighted by molar-refractivity contribution is 7.80. The van der Waals surface area contributed by atoms with Crippen molar-refractivity contribution in [2.75, 3.05) is 33.4 Å². The lowest BCUT2D eigenvalue weighted by molar-refractivity contribution is -0.122. The molecule has 1 amide bonds. The van der Waals surface area contributed by atoms with Crippen molar-refractivity contribution in [3.05, 3.63) is 0 Å². The number of thiocarbonyl (C=S) groups is 1. The van der Waals surface area contributed by atoms with Crippen LogP contribution >= 0.6 is 12.2 Å². The number of amides is 1. The lowest BCUT2D eigenvalue weighted by Crippen LogP contribution is -2.50. The molecule has 1 aliphatic heterocycles. The zero-order valence-electron chi connectivity index (χ0n) is 11.0. The van der Waals surface area contributed by atoms with Crippen LogP contribution in [-0.2, 0) is 9.53 Å².